The molecule has 36 heavy (non-hydrogen) atoms. The molecule has 6 rings (SSSR count). The summed E-state index contributed by atoms with van der Waals surface area (Å²) in [5, 5.41) is 4.16. The number of hydrogen-bond donors (Lipinski definition) is 1. The Kier molecular flexibility index (Phi) is 4.65. The molecule has 0 fully saturated rings. The Balaban J connectivity index is 1.46. The normalized spacial score (nSPS) is 15.3. The number of imidazole rings is 1. The van der Waals surface area contributed by atoms with Crippen molar-refractivity contribution in [1.82, 2.24) is 29.1 Å². The van der Waals surface area contributed by atoms with Crippen LogP contribution >= 0.6 is 0 Å². The van der Waals surface area contributed by atoms with Gasteiger partial charge in [-0.05, 0) is 30.3 Å². The van der Waals surface area contributed by atoms with Crippen molar-refractivity contribution in [2.75, 3.05) is 17.2 Å². The highest BCUT2D eigenvalue weighted by Crippen LogP contribution is 2.40. The zero-order valence-corrected chi connectivity index (χ0v) is 18.6. The summed E-state index contributed by atoms with van der Waals surface area (Å²) in [4.78, 5) is 27.5. The van der Waals surface area contributed by atoms with E-state index in [1.807, 2.05) is 0 Å². The number of hydrogen-bond acceptors (Lipinski definition) is 7. The van der Waals surface area contributed by atoms with Crippen molar-refractivity contribution in [2.45, 2.75) is 12.2 Å². The molecule has 5 aromatic rings. The second-order valence-electron chi connectivity index (χ2n) is 8.31. The molecule has 1 atom stereocenters. The van der Waals surface area contributed by atoms with Gasteiger partial charge in [-0.2, -0.15) is 18.3 Å². The fourth-order valence-corrected chi connectivity index (χ4v) is 4.36. The lowest BCUT2D eigenvalue weighted by Crippen LogP contribution is -2.35. The molecule has 0 saturated heterocycles. The highest BCUT2D eigenvalue weighted by atomic mass is 19.4. The van der Waals surface area contributed by atoms with Crippen molar-refractivity contribution in [3.8, 4) is 5.88 Å². The molecule has 13 heteroatoms. The molecule has 1 aromatic carbocycles. The van der Waals surface area contributed by atoms with E-state index in [1.165, 1.54) is 21.8 Å². The molecular weight excluding hydrogens is 477 g/mol. The first-order valence-corrected chi connectivity index (χ1v) is 10.7. The number of alkyl halides is 3. The molecule has 10 nitrogen and oxygen atoms in total. The summed E-state index contributed by atoms with van der Waals surface area (Å²) in [6.07, 6.45) is 1.69. The summed E-state index contributed by atoms with van der Waals surface area (Å²) in [5.74, 6) is -0.257. The van der Waals surface area contributed by atoms with Crippen molar-refractivity contribution in [3.05, 3.63) is 72.1 Å². The predicted octanol–water partition coefficient (Wildman–Crippen LogP) is 3.39. The number of anilines is 2. The van der Waals surface area contributed by atoms with Crippen LogP contribution in [0, 0.1) is 0 Å². The van der Waals surface area contributed by atoms with Crippen LogP contribution in [0.2, 0.25) is 0 Å². The molecule has 0 spiro atoms. The van der Waals surface area contributed by atoms with Gasteiger partial charge in [0.25, 0.3) is 5.91 Å². The van der Waals surface area contributed by atoms with E-state index in [0.29, 0.717) is 39.2 Å². The monoisotopic (exact) mass is 494 g/mol. The van der Waals surface area contributed by atoms with Crippen molar-refractivity contribution >= 4 is 34.0 Å². The molecule has 5 heterocycles. The lowest BCUT2D eigenvalue weighted by Gasteiger charge is -2.27. The number of amides is 1. The molecule has 4 aromatic heterocycles. The molecule has 0 aliphatic carbocycles. The van der Waals surface area contributed by atoms with E-state index >= 15 is 0 Å². The first-order valence-electron chi connectivity index (χ1n) is 10.7. The van der Waals surface area contributed by atoms with Crippen LogP contribution in [-0.4, -0.2) is 41.6 Å². The van der Waals surface area contributed by atoms with E-state index in [4.69, 9.17) is 10.5 Å². The van der Waals surface area contributed by atoms with E-state index in [0.717, 1.165) is 6.07 Å². The van der Waals surface area contributed by atoms with Crippen LogP contribution < -0.4 is 15.4 Å². The summed E-state index contributed by atoms with van der Waals surface area (Å²) in [6.45, 7) is -0.0677. The third-order valence-corrected chi connectivity index (χ3v) is 6.04. The molecule has 0 radical (unpaired) electrons. The summed E-state index contributed by atoms with van der Waals surface area (Å²) in [6, 6.07) is 6.42. The number of rotatable bonds is 3. The maximum Gasteiger partial charge on any atom is 0.433 e. The summed E-state index contributed by atoms with van der Waals surface area (Å²) in [7, 11) is 1.70. The van der Waals surface area contributed by atoms with Gasteiger partial charge in [0.2, 0.25) is 5.88 Å². The van der Waals surface area contributed by atoms with E-state index in [-0.39, 0.29) is 12.5 Å². The number of fused-ring (bicyclic) bond motifs is 4. The minimum Gasteiger partial charge on any atom is -0.475 e. The van der Waals surface area contributed by atoms with Gasteiger partial charge in [0.1, 0.15) is 29.7 Å². The largest absolute Gasteiger partial charge is 0.475 e. The number of nitrogens with two attached hydrogens (primary N) is 1. The molecular formula is C23H17F3N8O2. The van der Waals surface area contributed by atoms with E-state index in [9.17, 15) is 18.0 Å². The van der Waals surface area contributed by atoms with Crippen LogP contribution in [0.1, 0.15) is 27.7 Å². The molecule has 1 amide bonds. The fraction of sp³-hybridized carbons (Fsp3) is 0.174. The zero-order chi connectivity index (χ0) is 25.2. The average Bonchev–Trinajstić information content (AvgIpc) is 3.59. The summed E-state index contributed by atoms with van der Waals surface area (Å²) in [5.41, 5.74) is 7.87. The topological polar surface area (TPSA) is 116 Å². The highest BCUT2D eigenvalue weighted by molar-refractivity contribution is 6.08. The Hall–Kier alpha value is -4.68. The molecule has 1 aliphatic rings. The number of halogens is 3. The molecule has 1 aliphatic heterocycles. The Morgan fingerprint density at radius 2 is 2.00 bits per heavy atom. The average molecular weight is 494 g/mol. The van der Waals surface area contributed by atoms with Gasteiger partial charge in [0.15, 0.2) is 0 Å². The van der Waals surface area contributed by atoms with Crippen LogP contribution in [-0.2, 0) is 13.2 Å². The van der Waals surface area contributed by atoms with Crippen molar-refractivity contribution in [2.24, 2.45) is 7.05 Å². The molecule has 0 unspecified atom stereocenters. The van der Waals surface area contributed by atoms with Crippen LogP contribution in [0.15, 0.2) is 55.2 Å². The number of aromatic nitrogens is 6. The second kappa shape index (κ2) is 7.66. The Morgan fingerprint density at radius 1 is 1.17 bits per heavy atom. The van der Waals surface area contributed by atoms with Crippen LogP contribution in [0.3, 0.4) is 0 Å². The van der Waals surface area contributed by atoms with Crippen LogP contribution in [0.5, 0.6) is 5.88 Å². The van der Waals surface area contributed by atoms with Gasteiger partial charge < -0.3 is 10.5 Å². The van der Waals surface area contributed by atoms with E-state index < -0.39 is 23.8 Å². The van der Waals surface area contributed by atoms with Gasteiger partial charge in [-0.25, -0.2) is 15.0 Å². The zero-order valence-electron chi connectivity index (χ0n) is 18.6. The standard InChI is InChI=1S/C23H17F3N8O2/c1-32-9-13(7-29-32)34(18-10-36-21-14(18)3-5-19(31-21)23(24,25)26)22(35)12-2-4-15-16(6-12)33-11-28-8-17(33)20(27)30-15/h2-9,11,18H,10H2,1H3,(H2,27,30)/t18-/m1/s1. The third-order valence-electron chi connectivity index (χ3n) is 6.04. The molecule has 0 saturated carbocycles. The third kappa shape index (κ3) is 3.39. The number of benzene rings is 1. The van der Waals surface area contributed by atoms with Crippen molar-refractivity contribution < 1.29 is 22.7 Å². The first-order chi connectivity index (χ1) is 17.2. The Labute approximate surface area is 200 Å². The van der Waals surface area contributed by atoms with Gasteiger partial charge in [-0.1, -0.05) is 0 Å². The van der Waals surface area contributed by atoms with Crippen LogP contribution in [0.25, 0.3) is 16.6 Å². The number of pyridine rings is 1. The quantitative estimate of drug-likeness (QED) is 0.409. The molecule has 2 N–H and O–H groups in total. The van der Waals surface area contributed by atoms with E-state index in [1.54, 1.807) is 48.4 Å². The number of ether oxygens (including phenoxy) is 1. The minimum absolute atomic E-state index is 0.0677. The Bertz CT molecular complexity index is 1660. The number of nitrogens with zero attached hydrogens (tertiary/aromatic N) is 7. The maximum absolute atomic E-state index is 13.9. The molecule has 182 valence electrons. The minimum atomic E-state index is -4.61. The lowest BCUT2D eigenvalue weighted by molar-refractivity contribution is -0.141. The van der Waals surface area contributed by atoms with Crippen molar-refractivity contribution in [1.29, 1.82) is 0 Å². The van der Waals surface area contributed by atoms with Gasteiger partial charge in [0, 0.05) is 24.4 Å². The van der Waals surface area contributed by atoms with Gasteiger partial charge in [-0.15, -0.1) is 0 Å². The second-order valence-corrected chi connectivity index (χ2v) is 8.31. The van der Waals surface area contributed by atoms with Crippen LogP contribution in [0.4, 0.5) is 24.7 Å². The van der Waals surface area contributed by atoms with Gasteiger partial charge in [0.05, 0.1) is 35.4 Å². The maximum atomic E-state index is 13.9. The highest BCUT2D eigenvalue weighted by Gasteiger charge is 2.39. The van der Waals surface area contributed by atoms with Gasteiger partial charge >= 0.3 is 6.18 Å². The SMILES string of the molecule is Cn1cc(N(C(=O)c2ccc3nc(N)c4cncn4c3c2)[C@@H]2COc3nc(C(F)(F)F)ccc32)cn1. The smallest absolute Gasteiger partial charge is 0.433 e. The summed E-state index contributed by atoms with van der Waals surface area (Å²) < 4.78 is 48.2. The number of aryl methyl sites for hydroxylation is 1. The first kappa shape index (κ1) is 21.8. The summed E-state index contributed by atoms with van der Waals surface area (Å²) >= 11 is 0. The molecule has 0 bridgehead atoms. The fourth-order valence-electron chi connectivity index (χ4n) is 4.36. The number of carbonyl (C=O) groups is 1. The number of carbonyl (C=O) groups excluding carboxylic acids is 1. The van der Waals surface area contributed by atoms with E-state index in [2.05, 4.69) is 20.1 Å². The lowest BCUT2D eigenvalue weighted by atomic mass is 10.1. The predicted molar refractivity (Wildman–Crippen MR) is 122 cm³/mol. The van der Waals surface area contributed by atoms with Gasteiger partial charge in [-0.3, -0.25) is 18.8 Å². The number of nitrogen functional groups attached to an aromatic ring is 1. The van der Waals surface area contributed by atoms with Crippen molar-refractivity contribution in [3.63, 3.8) is 0 Å². The Morgan fingerprint density at radius 3 is 2.75 bits per heavy atom.